The van der Waals surface area contributed by atoms with Crippen molar-refractivity contribution in [3.63, 3.8) is 0 Å². The molecule has 13 nitrogen and oxygen atoms in total. The zero-order valence-electron chi connectivity index (χ0n) is 28.2. The summed E-state index contributed by atoms with van der Waals surface area (Å²) < 4.78 is 23.4. The van der Waals surface area contributed by atoms with Gasteiger partial charge in [0.25, 0.3) is 5.91 Å². The number of nitrogens with one attached hydrogen (secondary N) is 3. The molecule has 258 valence electrons. The molecule has 0 radical (unpaired) electrons. The molecule has 2 heterocycles. The maximum absolute atomic E-state index is 14.3. The highest BCUT2D eigenvalue weighted by Gasteiger charge is 2.31. The summed E-state index contributed by atoms with van der Waals surface area (Å²) in [6, 6.07) is 8.93. The quantitative estimate of drug-likeness (QED) is 0.329. The van der Waals surface area contributed by atoms with Gasteiger partial charge in [-0.05, 0) is 77.3 Å². The summed E-state index contributed by atoms with van der Waals surface area (Å²) in [6.45, 7) is 10.3. The lowest BCUT2D eigenvalue weighted by atomic mass is 10.0. The average Bonchev–Trinajstić information content (AvgIpc) is 3.50. The summed E-state index contributed by atoms with van der Waals surface area (Å²) in [5, 5.41) is 18.7. The molecule has 0 bridgehead atoms. The van der Waals surface area contributed by atoms with E-state index in [1.54, 1.807) is 60.2 Å². The summed E-state index contributed by atoms with van der Waals surface area (Å²) in [7, 11) is 1.70. The third kappa shape index (κ3) is 9.88. The number of hydrogen-bond donors (Lipinski definition) is 4. The van der Waals surface area contributed by atoms with Crippen LogP contribution in [0, 0.1) is 5.92 Å². The Morgan fingerprint density at radius 1 is 1.00 bits per heavy atom. The van der Waals surface area contributed by atoms with Gasteiger partial charge < -0.3 is 49.8 Å². The van der Waals surface area contributed by atoms with Gasteiger partial charge >= 0.3 is 12.1 Å². The number of ether oxygens (including phenoxy) is 4. The maximum atomic E-state index is 14.3. The number of benzene rings is 2. The molecule has 2 aromatic carbocycles. The minimum Gasteiger partial charge on any atom is -0.490 e. The van der Waals surface area contributed by atoms with Crippen LogP contribution in [0.4, 0.5) is 21.0 Å². The highest BCUT2D eigenvalue weighted by molar-refractivity contribution is 5.99. The van der Waals surface area contributed by atoms with Crippen molar-refractivity contribution in [1.29, 1.82) is 0 Å². The third-order valence-corrected chi connectivity index (χ3v) is 8.15. The van der Waals surface area contributed by atoms with Crippen LogP contribution >= 0.6 is 0 Å². The number of urea groups is 2. The predicted octanol–water partition coefficient (Wildman–Crippen LogP) is 4.90. The van der Waals surface area contributed by atoms with E-state index in [4.69, 9.17) is 18.9 Å². The van der Waals surface area contributed by atoms with Crippen LogP contribution in [0.15, 0.2) is 36.4 Å². The molecule has 5 amide bonds. The number of hydrogen-bond acceptors (Lipinski definition) is 8. The fourth-order valence-corrected chi connectivity index (χ4v) is 5.44. The number of anilines is 2. The van der Waals surface area contributed by atoms with Gasteiger partial charge in [-0.25, -0.2) is 9.59 Å². The van der Waals surface area contributed by atoms with E-state index in [-0.39, 0.29) is 68.1 Å². The fourth-order valence-electron chi connectivity index (χ4n) is 5.44. The number of nitrogens with zero attached hydrogens (tertiary/aromatic N) is 2. The fraction of sp³-hybridized carbons (Fsp3) is 0.559. The smallest absolute Gasteiger partial charge is 0.321 e. The Hall–Kier alpha value is -4.23. The van der Waals surface area contributed by atoms with Crippen molar-refractivity contribution in [3.8, 4) is 17.2 Å². The van der Waals surface area contributed by atoms with Crippen molar-refractivity contribution in [2.24, 2.45) is 5.92 Å². The summed E-state index contributed by atoms with van der Waals surface area (Å²) in [5.74, 6) is 1.03. The van der Waals surface area contributed by atoms with E-state index < -0.39 is 12.1 Å². The lowest BCUT2D eigenvalue weighted by Crippen LogP contribution is -2.48. The molecule has 0 spiro atoms. The second-order valence-electron chi connectivity index (χ2n) is 12.6. The molecule has 0 aromatic heterocycles. The predicted molar refractivity (Wildman–Crippen MR) is 178 cm³/mol. The molecular formula is C34H49N5O8. The van der Waals surface area contributed by atoms with Crippen molar-refractivity contribution in [3.05, 3.63) is 42.0 Å². The molecule has 4 N–H and O–H groups in total. The van der Waals surface area contributed by atoms with Gasteiger partial charge in [0.15, 0.2) is 11.5 Å². The van der Waals surface area contributed by atoms with Gasteiger partial charge in [0.2, 0.25) is 6.79 Å². The van der Waals surface area contributed by atoms with Gasteiger partial charge in [-0.3, -0.25) is 4.79 Å². The van der Waals surface area contributed by atoms with Crippen LogP contribution in [-0.4, -0.2) is 97.3 Å². The first kappa shape index (κ1) is 35.6. The molecule has 4 atom stereocenters. The van der Waals surface area contributed by atoms with E-state index in [9.17, 15) is 19.5 Å². The number of aliphatic hydroxyl groups excluding tert-OH is 1. The molecule has 0 fully saturated rings. The second kappa shape index (κ2) is 16.6. The zero-order valence-corrected chi connectivity index (χ0v) is 28.2. The summed E-state index contributed by atoms with van der Waals surface area (Å²) in [6.07, 6.45) is 1.78. The number of amides is 5. The molecule has 2 aliphatic heterocycles. The minimum atomic E-state index is -0.531. The molecule has 0 aliphatic carbocycles. The molecular weight excluding hydrogens is 606 g/mol. The largest absolute Gasteiger partial charge is 0.490 e. The van der Waals surface area contributed by atoms with Crippen molar-refractivity contribution in [2.45, 2.75) is 78.2 Å². The zero-order chi connectivity index (χ0) is 34.1. The average molecular weight is 656 g/mol. The number of fused-ring (bicyclic) bond motifs is 2. The van der Waals surface area contributed by atoms with E-state index in [0.717, 1.165) is 19.3 Å². The summed E-state index contributed by atoms with van der Waals surface area (Å²) >= 11 is 0. The van der Waals surface area contributed by atoms with Crippen LogP contribution in [0.1, 0.15) is 64.2 Å². The highest BCUT2D eigenvalue weighted by atomic mass is 16.7. The van der Waals surface area contributed by atoms with Gasteiger partial charge in [0, 0.05) is 56.1 Å². The highest BCUT2D eigenvalue weighted by Crippen LogP contribution is 2.34. The van der Waals surface area contributed by atoms with Crippen molar-refractivity contribution in [1.82, 2.24) is 15.1 Å². The van der Waals surface area contributed by atoms with Crippen molar-refractivity contribution < 1.29 is 38.4 Å². The van der Waals surface area contributed by atoms with E-state index in [1.807, 2.05) is 27.7 Å². The van der Waals surface area contributed by atoms with Gasteiger partial charge in [-0.15, -0.1) is 0 Å². The van der Waals surface area contributed by atoms with Crippen LogP contribution in [0.5, 0.6) is 17.2 Å². The Labute approximate surface area is 276 Å². The van der Waals surface area contributed by atoms with Gasteiger partial charge in [-0.2, -0.15) is 0 Å². The number of likely N-dealkylation sites (N-methyl/N-ethyl adjacent to an activating group) is 1. The SMILES string of the molecule is CC(C)NC(=O)Nc1ccc2c(c1)C(=O)N([C@@H](C)CO)C[C@@H](C)[C@H](CN(C)C(=O)Nc1ccc3c(c1)OCO3)OCCCC[C@@H](C)O2. The topological polar surface area (TPSA) is 151 Å². The summed E-state index contributed by atoms with van der Waals surface area (Å²) in [4.78, 5) is 43.1. The first-order chi connectivity index (χ1) is 22.4. The van der Waals surface area contributed by atoms with E-state index in [1.165, 1.54) is 0 Å². The normalized spacial score (nSPS) is 20.8. The molecule has 47 heavy (non-hydrogen) atoms. The van der Waals surface area contributed by atoms with Crippen LogP contribution in [0.2, 0.25) is 0 Å². The lowest BCUT2D eigenvalue weighted by molar-refractivity contribution is -0.0115. The van der Waals surface area contributed by atoms with Crippen molar-refractivity contribution in [2.75, 3.05) is 50.8 Å². The third-order valence-electron chi connectivity index (χ3n) is 8.15. The molecule has 2 aliphatic rings. The minimum absolute atomic E-state index is 0.0653. The van der Waals surface area contributed by atoms with Crippen LogP contribution < -0.4 is 30.2 Å². The van der Waals surface area contributed by atoms with E-state index >= 15 is 0 Å². The molecule has 0 unspecified atom stereocenters. The van der Waals surface area contributed by atoms with Gasteiger partial charge in [0.1, 0.15) is 5.75 Å². The maximum Gasteiger partial charge on any atom is 0.321 e. The number of rotatable bonds is 7. The van der Waals surface area contributed by atoms with E-state index in [0.29, 0.717) is 35.2 Å². The summed E-state index contributed by atoms with van der Waals surface area (Å²) in [5.41, 5.74) is 1.29. The molecule has 0 saturated heterocycles. The number of carbonyl (C=O) groups is 3. The van der Waals surface area contributed by atoms with Gasteiger partial charge in [0.05, 0.1) is 30.4 Å². The first-order valence-corrected chi connectivity index (χ1v) is 16.3. The Balaban J connectivity index is 1.56. The lowest BCUT2D eigenvalue weighted by Gasteiger charge is -2.35. The van der Waals surface area contributed by atoms with Crippen LogP contribution in [-0.2, 0) is 4.74 Å². The molecule has 0 saturated carbocycles. The van der Waals surface area contributed by atoms with Crippen LogP contribution in [0.3, 0.4) is 0 Å². The molecule has 2 aromatic rings. The Morgan fingerprint density at radius 2 is 1.70 bits per heavy atom. The molecule has 4 rings (SSSR count). The number of aliphatic hydroxyl groups is 1. The van der Waals surface area contributed by atoms with Gasteiger partial charge in [-0.1, -0.05) is 6.92 Å². The number of carbonyl (C=O) groups excluding carboxylic acids is 3. The van der Waals surface area contributed by atoms with Crippen molar-refractivity contribution >= 4 is 29.3 Å². The standard InChI is InChI=1S/C34H49N5O8/c1-21(2)35-33(42)36-25-10-12-28-27(15-25)32(41)39(23(4)19-40)17-22(3)31(44-14-8-7-9-24(5)47-28)18-38(6)34(43)37-26-11-13-29-30(16-26)46-20-45-29/h10-13,15-16,21-24,31,40H,7-9,14,17-20H2,1-6H3,(H,37,43)(H2,35,36,42)/t22-,23+,24-,31+/m1/s1. The molecule has 13 heteroatoms. The van der Waals surface area contributed by atoms with E-state index in [2.05, 4.69) is 16.0 Å². The Morgan fingerprint density at radius 3 is 2.43 bits per heavy atom. The first-order valence-electron chi connectivity index (χ1n) is 16.3. The Kier molecular flexibility index (Phi) is 12.5. The Bertz CT molecular complexity index is 1390. The second-order valence-corrected chi connectivity index (χ2v) is 12.6. The van der Waals surface area contributed by atoms with Crippen LogP contribution in [0.25, 0.3) is 0 Å². The monoisotopic (exact) mass is 655 g/mol.